The number of nitriles is 1. The average molecular weight is 408 g/mol. The van der Waals surface area contributed by atoms with Crippen molar-refractivity contribution < 1.29 is 17.9 Å². The molecule has 1 amide bonds. The van der Waals surface area contributed by atoms with Crippen molar-refractivity contribution in [1.29, 1.82) is 5.26 Å². The van der Waals surface area contributed by atoms with Crippen molar-refractivity contribution in [2.24, 2.45) is 5.92 Å². The Labute approximate surface area is 167 Å². The molecule has 0 aromatic heterocycles. The first-order chi connectivity index (χ1) is 13.3. The van der Waals surface area contributed by atoms with E-state index in [-0.39, 0.29) is 19.0 Å². The second-order valence-electron chi connectivity index (χ2n) is 7.21. The van der Waals surface area contributed by atoms with Crippen LogP contribution in [0, 0.1) is 17.2 Å². The van der Waals surface area contributed by atoms with Gasteiger partial charge >= 0.3 is 0 Å². The van der Waals surface area contributed by atoms with Gasteiger partial charge in [-0.15, -0.1) is 0 Å². The Balaban J connectivity index is 2.06. The second-order valence-corrected chi connectivity index (χ2v) is 8.97. The summed E-state index contributed by atoms with van der Waals surface area (Å²) in [6.45, 7) is 4.71. The molecule has 1 fully saturated rings. The lowest BCUT2D eigenvalue weighted by atomic mass is 9.88. The van der Waals surface area contributed by atoms with E-state index in [1.807, 2.05) is 13.0 Å². The molecule has 1 saturated carbocycles. The fourth-order valence-electron chi connectivity index (χ4n) is 3.36. The average Bonchev–Trinajstić information content (AvgIpc) is 2.65. The number of amides is 1. The van der Waals surface area contributed by atoms with Crippen molar-refractivity contribution in [3.8, 4) is 11.8 Å². The molecule has 1 aromatic rings. The predicted molar refractivity (Wildman–Crippen MR) is 109 cm³/mol. The Hall–Kier alpha value is -2.11. The number of benzene rings is 1. The number of nitrogens with zero attached hydrogens (tertiary/aromatic N) is 2. The first kappa shape index (κ1) is 22.2. The summed E-state index contributed by atoms with van der Waals surface area (Å²) in [7, 11) is -3.74. The van der Waals surface area contributed by atoms with Gasteiger partial charge in [0.1, 0.15) is 11.5 Å². The van der Waals surface area contributed by atoms with Crippen molar-refractivity contribution in [3.05, 3.63) is 24.3 Å². The Morgan fingerprint density at radius 1 is 1.25 bits per heavy atom. The van der Waals surface area contributed by atoms with Crippen molar-refractivity contribution >= 4 is 21.6 Å². The van der Waals surface area contributed by atoms with E-state index in [2.05, 4.69) is 11.6 Å². The molecule has 0 radical (unpaired) electrons. The molecular weight excluding hydrogens is 378 g/mol. The van der Waals surface area contributed by atoms with Crippen LogP contribution in [0.1, 0.15) is 46.0 Å². The molecule has 1 aliphatic carbocycles. The topological polar surface area (TPSA) is 99.5 Å². The Bertz CT molecular complexity index is 779. The van der Waals surface area contributed by atoms with Gasteiger partial charge in [0.2, 0.25) is 15.9 Å². The van der Waals surface area contributed by atoms with Gasteiger partial charge < -0.3 is 9.64 Å². The van der Waals surface area contributed by atoms with Crippen LogP contribution in [0.5, 0.6) is 5.75 Å². The van der Waals surface area contributed by atoms with Gasteiger partial charge in [0.25, 0.3) is 0 Å². The van der Waals surface area contributed by atoms with E-state index in [1.54, 1.807) is 24.3 Å². The minimum absolute atomic E-state index is 0.105. The number of rotatable bonds is 9. The van der Waals surface area contributed by atoms with E-state index < -0.39 is 21.7 Å². The lowest BCUT2D eigenvalue weighted by molar-refractivity contribution is -0.116. The highest BCUT2D eigenvalue weighted by molar-refractivity contribution is 7.90. The van der Waals surface area contributed by atoms with Gasteiger partial charge in [-0.3, -0.25) is 4.79 Å². The molecular formula is C20H29N3O4S. The standard InChI is InChI=1S/C20H29N3O4S/c1-3-27-19-11-9-18(10-12-19)23(14-4-13-21)20(24)15-28(25,26)22-17-7-5-16(2)6-8-17/h9-12,16-17,22H,3-8,14-15H2,1-2H3. The fraction of sp³-hybridized carbons (Fsp3) is 0.600. The fourth-order valence-corrected chi connectivity index (χ4v) is 4.67. The lowest BCUT2D eigenvalue weighted by Gasteiger charge is -2.27. The van der Waals surface area contributed by atoms with Crippen LogP contribution in [-0.4, -0.2) is 39.3 Å². The quantitative estimate of drug-likeness (QED) is 0.678. The van der Waals surface area contributed by atoms with Gasteiger partial charge in [0, 0.05) is 18.3 Å². The number of ether oxygens (including phenoxy) is 1. The summed E-state index contributed by atoms with van der Waals surface area (Å²) in [6.07, 6.45) is 3.69. The highest BCUT2D eigenvalue weighted by Gasteiger charge is 2.27. The van der Waals surface area contributed by atoms with Crippen LogP contribution < -0.4 is 14.4 Å². The molecule has 8 heteroatoms. The molecule has 0 heterocycles. The van der Waals surface area contributed by atoms with E-state index in [9.17, 15) is 13.2 Å². The van der Waals surface area contributed by atoms with Gasteiger partial charge in [0.05, 0.1) is 19.1 Å². The summed E-state index contributed by atoms with van der Waals surface area (Å²) >= 11 is 0. The molecule has 0 atom stereocenters. The van der Waals surface area contributed by atoms with E-state index in [4.69, 9.17) is 10.00 Å². The third-order valence-electron chi connectivity index (χ3n) is 4.88. The SMILES string of the molecule is CCOc1ccc(N(CCC#N)C(=O)CS(=O)(=O)NC2CCC(C)CC2)cc1. The Morgan fingerprint density at radius 2 is 1.89 bits per heavy atom. The summed E-state index contributed by atoms with van der Waals surface area (Å²) in [6, 6.07) is 8.74. The third kappa shape index (κ3) is 6.80. The van der Waals surface area contributed by atoms with Crippen LogP contribution >= 0.6 is 0 Å². The van der Waals surface area contributed by atoms with Gasteiger partial charge in [-0.05, 0) is 62.8 Å². The van der Waals surface area contributed by atoms with Crippen molar-refractivity contribution in [2.45, 2.75) is 52.0 Å². The zero-order chi connectivity index (χ0) is 20.6. The molecule has 0 saturated heterocycles. The first-order valence-electron chi connectivity index (χ1n) is 9.74. The van der Waals surface area contributed by atoms with Crippen LogP contribution in [-0.2, 0) is 14.8 Å². The van der Waals surface area contributed by atoms with Crippen LogP contribution in [0.4, 0.5) is 5.69 Å². The van der Waals surface area contributed by atoms with Gasteiger partial charge in [-0.1, -0.05) is 6.92 Å². The predicted octanol–water partition coefficient (Wildman–Crippen LogP) is 2.83. The maximum absolute atomic E-state index is 12.7. The zero-order valence-electron chi connectivity index (χ0n) is 16.6. The van der Waals surface area contributed by atoms with Gasteiger partial charge in [0.15, 0.2) is 0 Å². The van der Waals surface area contributed by atoms with Crippen LogP contribution in [0.2, 0.25) is 0 Å². The zero-order valence-corrected chi connectivity index (χ0v) is 17.4. The Morgan fingerprint density at radius 3 is 2.46 bits per heavy atom. The van der Waals surface area contributed by atoms with Gasteiger partial charge in [-0.25, -0.2) is 13.1 Å². The number of nitrogens with one attached hydrogen (secondary N) is 1. The van der Waals surface area contributed by atoms with Crippen molar-refractivity contribution in [1.82, 2.24) is 4.72 Å². The largest absolute Gasteiger partial charge is 0.494 e. The molecule has 0 aliphatic heterocycles. The number of hydrogen-bond acceptors (Lipinski definition) is 5. The van der Waals surface area contributed by atoms with Crippen LogP contribution in [0.15, 0.2) is 24.3 Å². The van der Waals surface area contributed by atoms with Crippen molar-refractivity contribution in [2.75, 3.05) is 23.8 Å². The number of carbonyl (C=O) groups excluding carboxylic acids is 1. The first-order valence-corrected chi connectivity index (χ1v) is 11.4. The maximum atomic E-state index is 12.7. The normalized spacial score (nSPS) is 19.6. The smallest absolute Gasteiger partial charge is 0.243 e. The minimum atomic E-state index is -3.74. The molecule has 0 bridgehead atoms. The number of carbonyl (C=O) groups is 1. The molecule has 0 unspecified atom stereocenters. The summed E-state index contributed by atoms with van der Waals surface area (Å²) in [5.74, 6) is 0.108. The van der Waals surface area contributed by atoms with E-state index in [0.717, 1.165) is 25.7 Å². The van der Waals surface area contributed by atoms with Crippen LogP contribution in [0.25, 0.3) is 0 Å². The summed E-state index contributed by atoms with van der Waals surface area (Å²) in [4.78, 5) is 14.1. The molecule has 1 N–H and O–H groups in total. The maximum Gasteiger partial charge on any atom is 0.243 e. The van der Waals surface area contributed by atoms with E-state index >= 15 is 0 Å². The molecule has 28 heavy (non-hydrogen) atoms. The van der Waals surface area contributed by atoms with Gasteiger partial charge in [-0.2, -0.15) is 5.26 Å². The monoisotopic (exact) mass is 407 g/mol. The molecule has 7 nitrogen and oxygen atoms in total. The second kappa shape index (κ2) is 10.4. The molecule has 2 rings (SSSR count). The van der Waals surface area contributed by atoms with Crippen LogP contribution in [0.3, 0.4) is 0 Å². The molecule has 0 spiro atoms. The molecule has 1 aliphatic rings. The lowest BCUT2D eigenvalue weighted by Crippen LogP contribution is -2.44. The minimum Gasteiger partial charge on any atom is -0.494 e. The summed E-state index contributed by atoms with van der Waals surface area (Å²) in [5.41, 5.74) is 0.547. The number of sulfonamides is 1. The number of hydrogen-bond donors (Lipinski definition) is 1. The molecule has 154 valence electrons. The molecule has 1 aromatic carbocycles. The summed E-state index contributed by atoms with van der Waals surface area (Å²) in [5, 5.41) is 8.89. The number of anilines is 1. The summed E-state index contributed by atoms with van der Waals surface area (Å²) < 4.78 is 33.1. The van der Waals surface area contributed by atoms with E-state index in [0.29, 0.717) is 24.0 Å². The van der Waals surface area contributed by atoms with E-state index in [1.165, 1.54) is 4.90 Å². The Kier molecular flexibility index (Phi) is 8.27. The van der Waals surface area contributed by atoms with Crippen molar-refractivity contribution in [3.63, 3.8) is 0 Å². The highest BCUT2D eigenvalue weighted by Crippen LogP contribution is 2.24. The highest BCUT2D eigenvalue weighted by atomic mass is 32.2. The third-order valence-corrected chi connectivity index (χ3v) is 6.20.